The molecule has 2 rings (SSSR count). The van der Waals surface area contributed by atoms with E-state index in [0.29, 0.717) is 12.5 Å². The molecule has 0 aliphatic carbocycles. The highest BCUT2D eigenvalue weighted by atomic mass is 32.1. The molecular weight excluding hydrogens is 256 g/mol. The Hall–Kier alpha value is -0.450. The highest BCUT2D eigenvalue weighted by Gasteiger charge is 2.22. The minimum absolute atomic E-state index is 0.291. The average molecular weight is 282 g/mol. The molecular formula is C15H26N2OS. The Labute approximate surface area is 120 Å². The van der Waals surface area contributed by atoms with E-state index in [0.717, 1.165) is 18.0 Å². The number of hydrogen-bond donors (Lipinski definition) is 1. The predicted octanol–water partition coefficient (Wildman–Crippen LogP) is 2.73. The van der Waals surface area contributed by atoms with Gasteiger partial charge >= 0.3 is 0 Å². The van der Waals surface area contributed by atoms with E-state index >= 15 is 0 Å². The lowest BCUT2D eigenvalue weighted by Crippen LogP contribution is -2.40. The van der Waals surface area contributed by atoms with Crippen LogP contribution in [0.25, 0.3) is 0 Å². The van der Waals surface area contributed by atoms with Gasteiger partial charge in [0, 0.05) is 30.8 Å². The van der Waals surface area contributed by atoms with Gasteiger partial charge < -0.3 is 10.0 Å². The minimum atomic E-state index is -0.291. The zero-order valence-electron chi connectivity index (χ0n) is 12.3. The number of hydrogen-bond acceptors (Lipinski definition) is 4. The quantitative estimate of drug-likeness (QED) is 0.902. The molecule has 1 aliphatic rings. The first-order valence-corrected chi connectivity index (χ1v) is 8.28. The standard InChI is InChI=1S/C15H26N2OS/c1-11(2)17-6-4-5-13(9-17)8-15-16-14(10-19-15)7-12(3)18/h10-13,18H,4-9H2,1-3H3. The number of aliphatic hydroxyl groups excluding tert-OH is 1. The minimum Gasteiger partial charge on any atom is -0.393 e. The molecule has 1 aromatic rings. The summed E-state index contributed by atoms with van der Waals surface area (Å²) in [7, 11) is 0. The van der Waals surface area contributed by atoms with Gasteiger partial charge in [0.1, 0.15) is 0 Å². The van der Waals surface area contributed by atoms with Crippen LogP contribution in [0.5, 0.6) is 0 Å². The monoisotopic (exact) mass is 282 g/mol. The van der Waals surface area contributed by atoms with Gasteiger partial charge in [-0.15, -0.1) is 11.3 Å². The summed E-state index contributed by atoms with van der Waals surface area (Å²) in [6.07, 6.45) is 4.14. The Bertz CT molecular complexity index is 389. The summed E-state index contributed by atoms with van der Waals surface area (Å²) in [5.41, 5.74) is 1.05. The van der Waals surface area contributed by atoms with Gasteiger partial charge in [-0.3, -0.25) is 0 Å². The molecule has 1 aliphatic heterocycles. The molecule has 1 saturated heterocycles. The van der Waals surface area contributed by atoms with Gasteiger partial charge in [0.2, 0.25) is 0 Å². The number of rotatable bonds is 5. The van der Waals surface area contributed by atoms with Crippen LogP contribution in [0.2, 0.25) is 0 Å². The SMILES string of the molecule is CC(O)Cc1csc(CC2CCCN(C(C)C)C2)n1. The molecule has 0 bridgehead atoms. The summed E-state index contributed by atoms with van der Waals surface area (Å²) < 4.78 is 0. The zero-order valence-corrected chi connectivity index (χ0v) is 13.1. The maximum Gasteiger partial charge on any atom is 0.0931 e. The number of thiazole rings is 1. The van der Waals surface area contributed by atoms with Crippen molar-refractivity contribution in [1.82, 2.24) is 9.88 Å². The second kappa shape index (κ2) is 6.82. The second-order valence-electron chi connectivity index (χ2n) is 6.09. The Morgan fingerprint density at radius 3 is 2.95 bits per heavy atom. The van der Waals surface area contributed by atoms with Crippen molar-refractivity contribution >= 4 is 11.3 Å². The third kappa shape index (κ3) is 4.55. The number of piperidine rings is 1. The van der Waals surface area contributed by atoms with Crippen LogP contribution in [0.1, 0.15) is 44.3 Å². The lowest BCUT2D eigenvalue weighted by molar-refractivity contribution is 0.139. The maximum absolute atomic E-state index is 9.39. The first-order chi connectivity index (χ1) is 9.04. The van der Waals surface area contributed by atoms with Gasteiger partial charge in [0.05, 0.1) is 16.8 Å². The van der Waals surface area contributed by atoms with E-state index in [1.807, 2.05) is 6.92 Å². The van der Waals surface area contributed by atoms with Gasteiger partial charge in [-0.1, -0.05) is 0 Å². The highest BCUT2D eigenvalue weighted by molar-refractivity contribution is 7.09. The van der Waals surface area contributed by atoms with E-state index in [9.17, 15) is 5.11 Å². The van der Waals surface area contributed by atoms with Crippen LogP contribution in [-0.4, -0.2) is 40.2 Å². The molecule has 2 unspecified atom stereocenters. The van der Waals surface area contributed by atoms with Crippen molar-refractivity contribution in [2.24, 2.45) is 5.92 Å². The number of likely N-dealkylation sites (tertiary alicyclic amines) is 1. The normalized spacial score (nSPS) is 22.9. The Kier molecular flexibility index (Phi) is 5.37. The van der Waals surface area contributed by atoms with E-state index in [2.05, 4.69) is 29.1 Å². The fourth-order valence-electron chi connectivity index (χ4n) is 2.82. The summed E-state index contributed by atoms with van der Waals surface area (Å²) >= 11 is 1.75. The molecule has 0 amide bonds. The van der Waals surface area contributed by atoms with Gasteiger partial charge in [-0.05, 0) is 46.1 Å². The van der Waals surface area contributed by atoms with Crippen LogP contribution in [0, 0.1) is 5.92 Å². The summed E-state index contributed by atoms with van der Waals surface area (Å²) in [4.78, 5) is 7.24. The van der Waals surface area contributed by atoms with Crippen molar-refractivity contribution in [3.8, 4) is 0 Å². The molecule has 108 valence electrons. The number of aromatic nitrogens is 1. The molecule has 0 spiro atoms. The molecule has 4 heteroatoms. The molecule has 2 heterocycles. The van der Waals surface area contributed by atoms with Gasteiger partial charge in [0.25, 0.3) is 0 Å². The topological polar surface area (TPSA) is 36.4 Å². The second-order valence-corrected chi connectivity index (χ2v) is 7.03. The smallest absolute Gasteiger partial charge is 0.0931 e. The maximum atomic E-state index is 9.39. The fraction of sp³-hybridized carbons (Fsp3) is 0.800. The van der Waals surface area contributed by atoms with E-state index in [4.69, 9.17) is 0 Å². The van der Waals surface area contributed by atoms with Crippen LogP contribution < -0.4 is 0 Å². The zero-order chi connectivity index (χ0) is 13.8. The highest BCUT2D eigenvalue weighted by Crippen LogP contribution is 2.24. The van der Waals surface area contributed by atoms with E-state index in [1.54, 1.807) is 11.3 Å². The lowest BCUT2D eigenvalue weighted by atomic mass is 9.94. The van der Waals surface area contributed by atoms with Crippen molar-refractivity contribution in [3.05, 3.63) is 16.1 Å². The van der Waals surface area contributed by atoms with Crippen molar-refractivity contribution in [2.45, 2.75) is 58.6 Å². The number of nitrogens with zero attached hydrogens (tertiary/aromatic N) is 2. The molecule has 3 nitrogen and oxygen atoms in total. The first kappa shape index (κ1) is 14.9. The van der Waals surface area contributed by atoms with Crippen molar-refractivity contribution in [3.63, 3.8) is 0 Å². The molecule has 0 aromatic carbocycles. The largest absolute Gasteiger partial charge is 0.393 e. The Balaban J connectivity index is 1.88. The van der Waals surface area contributed by atoms with E-state index < -0.39 is 0 Å². The summed E-state index contributed by atoms with van der Waals surface area (Å²) in [5, 5.41) is 12.7. The fourth-order valence-corrected chi connectivity index (χ4v) is 3.74. The summed E-state index contributed by atoms with van der Waals surface area (Å²) in [6.45, 7) is 8.85. The summed E-state index contributed by atoms with van der Waals surface area (Å²) in [5.74, 6) is 0.752. The molecule has 2 atom stereocenters. The van der Waals surface area contributed by atoms with Crippen LogP contribution in [-0.2, 0) is 12.8 Å². The van der Waals surface area contributed by atoms with Gasteiger partial charge in [-0.25, -0.2) is 4.98 Å². The molecule has 1 aromatic heterocycles. The van der Waals surface area contributed by atoms with Crippen LogP contribution in [0.3, 0.4) is 0 Å². The van der Waals surface area contributed by atoms with Crippen molar-refractivity contribution < 1.29 is 5.11 Å². The molecule has 0 saturated carbocycles. The predicted molar refractivity (Wildman–Crippen MR) is 80.6 cm³/mol. The summed E-state index contributed by atoms with van der Waals surface area (Å²) in [6, 6.07) is 0.657. The van der Waals surface area contributed by atoms with Gasteiger partial charge in [0.15, 0.2) is 0 Å². The average Bonchev–Trinajstić information content (AvgIpc) is 2.76. The van der Waals surface area contributed by atoms with Crippen molar-refractivity contribution in [2.75, 3.05) is 13.1 Å². The van der Waals surface area contributed by atoms with Crippen LogP contribution in [0.4, 0.5) is 0 Å². The van der Waals surface area contributed by atoms with E-state index in [-0.39, 0.29) is 6.10 Å². The third-order valence-electron chi connectivity index (χ3n) is 3.85. The Morgan fingerprint density at radius 1 is 1.47 bits per heavy atom. The molecule has 1 fully saturated rings. The van der Waals surface area contributed by atoms with Gasteiger partial charge in [-0.2, -0.15) is 0 Å². The lowest BCUT2D eigenvalue weighted by Gasteiger charge is -2.35. The molecule has 0 radical (unpaired) electrons. The first-order valence-electron chi connectivity index (χ1n) is 7.40. The van der Waals surface area contributed by atoms with E-state index in [1.165, 1.54) is 30.9 Å². The Morgan fingerprint density at radius 2 is 2.26 bits per heavy atom. The van der Waals surface area contributed by atoms with Crippen molar-refractivity contribution in [1.29, 1.82) is 0 Å². The molecule has 19 heavy (non-hydrogen) atoms. The number of aliphatic hydroxyl groups is 1. The molecule has 1 N–H and O–H groups in total. The third-order valence-corrected chi connectivity index (χ3v) is 4.77. The van der Waals surface area contributed by atoms with Crippen LogP contribution in [0.15, 0.2) is 5.38 Å². The van der Waals surface area contributed by atoms with Crippen LogP contribution >= 0.6 is 11.3 Å².